The van der Waals surface area contributed by atoms with Gasteiger partial charge in [0.15, 0.2) is 10.3 Å². The summed E-state index contributed by atoms with van der Waals surface area (Å²) in [5.41, 5.74) is 13.6. The van der Waals surface area contributed by atoms with Crippen molar-refractivity contribution in [3.05, 3.63) is 154 Å². The van der Waals surface area contributed by atoms with Gasteiger partial charge in [0.2, 0.25) is 0 Å². The highest BCUT2D eigenvalue weighted by Crippen LogP contribution is 2.38. The minimum Gasteiger partial charge on any atom is -0.375 e. The number of fused-ring (bicyclic) bond motifs is 1. The second-order valence-corrected chi connectivity index (χ2v) is 13.5. The molecule has 0 amide bonds. The number of rotatable bonds is 6. The fraction of sp³-hybridized carbons (Fsp3) is 0. The lowest BCUT2D eigenvalue weighted by Gasteiger charge is -2.07. The van der Waals surface area contributed by atoms with Crippen molar-refractivity contribution in [2.75, 3.05) is 11.1 Å². The van der Waals surface area contributed by atoms with Gasteiger partial charge in [-0.15, -0.1) is 11.3 Å². The first kappa shape index (κ1) is 31.2. The SMILES string of the molecule is Nc1nc(-c2ccccc2)c(-c2ccc(Br)cc2)s1.O=c1[nH]nc(-c2ccc(Nc3nc(-c4ccccc4)cs3)cc2)c2ccccc12. The predicted octanol–water partition coefficient (Wildman–Crippen LogP) is 10.3. The minimum atomic E-state index is -0.180. The quantitative estimate of drug-likeness (QED) is 0.157. The molecule has 0 aliphatic rings. The van der Waals surface area contributed by atoms with E-state index in [9.17, 15) is 4.79 Å². The Kier molecular flexibility index (Phi) is 9.19. The minimum absolute atomic E-state index is 0.180. The average molecular weight is 728 g/mol. The highest BCUT2D eigenvalue weighted by Gasteiger charge is 2.13. The number of hydrogen-bond acceptors (Lipinski definition) is 8. The van der Waals surface area contributed by atoms with Crippen molar-refractivity contribution < 1.29 is 0 Å². The number of halogens is 1. The molecule has 0 unspecified atom stereocenters. The van der Waals surface area contributed by atoms with E-state index in [-0.39, 0.29) is 5.56 Å². The Morgan fingerprint density at radius 3 is 1.96 bits per heavy atom. The molecule has 3 heterocycles. The van der Waals surface area contributed by atoms with Gasteiger partial charge < -0.3 is 11.1 Å². The van der Waals surface area contributed by atoms with Crippen LogP contribution < -0.4 is 16.6 Å². The van der Waals surface area contributed by atoms with Crippen molar-refractivity contribution >= 4 is 65.3 Å². The van der Waals surface area contributed by atoms with Gasteiger partial charge in [-0.2, -0.15) is 5.10 Å². The van der Waals surface area contributed by atoms with Gasteiger partial charge in [-0.1, -0.05) is 130 Å². The van der Waals surface area contributed by atoms with E-state index in [0.717, 1.165) is 64.9 Å². The molecule has 0 aliphatic carbocycles. The van der Waals surface area contributed by atoms with Gasteiger partial charge >= 0.3 is 0 Å². The van der Waals surface area contributed by atoms with Crippen LogP contribution >= 0.6 is 38.6 Å². The second kappa shape index (κ2) is 14.1. The number of benzene rings is 5. The zero-order valence-electron chi connectivity index (χ0n) is 25.3. The number of nitrogens with zero attached hydrogens (tertiary/aromatic N) is 3. The lowest BCUT2D eigenvalue weighted by molar-refractivity contribution is 1.02. The number of nitrogen functional groups attached to an aromatic ring is 1. The third-order valence-electron chi connectivity index (χ3n) is 7.48. The highest BCUT2D eigenvalue weighted by molar-refractivity contribution is 9.10. The van der Waals surface area contributed by atoms with E-state index in [1.54, 1.807) is 11.3 Å². The molecule has 5 aromatic carbocycles. The average Bonchev–Trinajstić information content (AvgIpc) is 3.77. The van der Waals surface area contributed by atoms with Crippen molar-refractivity contribution in [2.24, 2.45) is 0 Å². The number of H-pyrrole nitrogens is 1. The molecule has 0 spiro atoms. The van der Waals surface area contributed by atoms with Gasteiger partial charge in [0.05, 0.1) is 27.3 Å². The molecule has 0 radical (unpaired) electrons. The summed E-state index contributed by atoms with van der Waals surface area (Å²) < 4.78 is 1.06. The molecular formula is C38H27BrN6OS2. The van der Waals surface area contributed by atoms with Crippen LogP contribution in [0.1, 0.15) is 0 Å². The maximum Gasteiger partial charge on any atom is 0.272 e. The van der Waals surface area contributed by atoms with Crippen molar-refractivity contribution in [3.63, 3.8) is 0 Å². The van der Waals surface area contributed by atoms with Crippen LogP contribution in [0.5, 0.6) is 0 Å². The molecule has 7 nitrogen and oxygen atoms in total. The summed E-state index contributed by atoms with van der Waals surface area (Å²) in [7, 11) is 0. The predicted molar refractivity (Wildman–Crippen MR) is 204 cm³/mol. The molecule has 0 atom stereocenters. The Hall–Kier alpha value is -5.42. The van der Waals surface area contributed by atoms with Crippen LogP contribution in [0.4, 0.5) is 16.0 Å². The zero-order valence-corrected chi connectivity index (χ0v) is 28.5. The van der Waals surface area contributed by atoms with Gasteiger partial charge in [-0.25, -0.2) is 15.1 Å². The monoisotopic (exact) mass is 726 g/mol. The Morgan fingerprint density at radius 2 is 1.25 bits per heavy atom. The third kappa shape index (κ3) is 6.96. The van der Waals surface area contributed by atoms with E-state index in [1.807, 2.05) is 102 Å². The lowest BCUT2D eigenvalue weighted by atomic mass is 10.0. The number of anilines is 3. The van der Waals surface area contributed by atoms with E-state index in [1.165, 1.54) is 11.3 Å². The molecule has 8 rings (SSSR count). The Morgan fingerprint density at radius 1 is 0.646 bits per heavy atom. The summed E-state index contributed by atoms with van der Waals surface area (Å²) in [6.45, 7) is 0. The van der Waals surface area contributed by atoms with Crippen molar-refractivity contribution in [3.8, 4) is 44.2 Å². The number of thiazole rings is 2. The first-order chi connectivity index (χ1) is 23.5. The van der Waals surface area contributed by atoms with Crippen molar-refractivity contribution in [2.45, 2.75) is 0 Å². The smallest absolute Gasteiger partial charge is 0.272 e. The number of aromatic amines is 1. The summed E-state index contributed by atoms with van der Waals surface area (Å²) in [6.07, 6.45) is 0. The summed E-state index contributed by atoms with van der Waals surface area (Å²) in [6, 6.07) is 43.9. The van der Waals surface area contributed by atoms with Crippen molar-refractivity contribution in [1.29, 1.82) is 0 Å². The van der Waals surface area contributed by atoms with Crippen LogP contribution in [0.25, 0.3) is 55.0 Å². The number of aromatic nitrogens is 4. The molecule has 0 saturated carbocycles. The maximum absolute atomic E-state index is 12.0. The molecule has 0 saturated heterocycles. The second-order valence-electron chi connectivity index (χ2n) is 10.7. The lowest BCUT2D eigenvalue weighted by Crippen LogP contribution is -2.09. The van der Waals surface area contributed by atoms with Gasteiger partial charge in [0, 0.05) is 37.6 Å². The Bertz CT molecular complexity index is 2350. The molecule has 4 N–H and O–H groups in total. The third-order valence-corrected chi connectivity index (χ3v) is 9.70. The van der Waals surface area contributed by atoms with Crippen LogP contribution in [0.2, 0.25) is 0 Å². The van der Waals surface area contributed by atoms with E-state index in [4.69, 9.17) is 5.73 Å². The molecular weight excluding hydrogens is 700 g/mol. The molecule has 0 aliphatic heterocycles. The number of nitrogens with one attached hydrogen (secondary N) is 2. The number of hydrogen-bond donors (Lipinski definition) is 3. The van der Waals surface area contributed by atoms with Gasteiger partial charge in [0.25, 0.3) is 5.56 Å². The van der Waals surface area contributed by atoms with Crippen LogP contribution in [-0.2, 0) is 0 Å². The summed E-state index contributed by atoms with van der Waals surface area (Å²) in [5, 5.41) is 15.1. The largest absolute Gasteiger partial charge is 0.375 e. The molecule has 10 heteroatoms. The van der Waals surface area contributed by atoms with Gasteiger partial charge in [0.1, 0.15) is 0 Å². The molecule has 3 aromatic heterocycles. The van der Waals surface area contributed by atoms with Gasteiger partial charge in [-0.3, -0.25) is 4.79 Å². The van der Waals surface area contributed by atoms with E-state index >= 15 is 0 Å². The van der Waals surface area contributed by atoms with Crippen LogP contribution in [0.3, 0.4) is 0 Å². The van der Waals surface area contributed by atoms with Crippen molar-refractivity contribution in [1.82, 2.24) is 20.2 Å². The molecule has 0 bridgehead atoms. The van der Waals surface area contributed by atoms with E-state index in [2.05, 4.69) is 77.8 Å². The summed E-state index contributed by atoms with van der Waals surface area (Å²) in [5.74, 6) is 0. The molecule has 234 valence electrons. The topological polar surface area (TPSA) is 110 Å². The van der Waals surface area contributed by atoms with Crippen LogP contribution in [0, 0.1) is 0 Å². The molecule has 8 aromatic rings. The molecule has 48 heavy (non-hydrogen) atoms. The number of nitrogens with two attached hydrogens (primary N) is 1. The highest BCUT2D eigenvalue weighted by atomic mass is 79.9. The van der Waals surface area contributed by atoms with Crippen LogP contribution in [-0.4, -0.2) is 20.2 Å². The Balaban J connectivity index is 0.000000166. The van der Waals surface area contributed by atoms with Gasteiger partial charge in [-0.05, 0) is 35.9 Å². The molecule has 0 fully saturated rings. The standard InChI is InChI=1S/C23H16N4OS.C15H11BrN2S/c28-22-19-9-5-4-8-18(19)21(26-27-22)16-10-12-17(13-11-16)24-23-25-20(14-29-23)15-6-2-1-3-7-15;16-12-8-6-11(7-9-12)14-13(18-15(17)19-14)10-4-2-1-3-5-10/h1-14H,(H,24,25)(H,27,28);1-9H,(H2,17,18). The first-order valence-corrected chi connectivity index (χ1v) is 17.4. The first-order valence-electron chi connectivity index (χ1n) is 15.0. The normalized spacial score (nSPS) is 10.8. The zero-order chi connectivity index (χ0) is 32.9. The summed E-state index contributed by atoms with van der Waals surface area (Å²) >= 11 is 6.54. The fourth-order valence-electron chi connectivity index (χ4n) is 5.17. The van der Waals surface area contributed by atoms with E-state index in [0.29, 0.717) is 10.5 Å². The Labute approximate surface area is 293 Å². The maximum atomic E-state index is 12.0. The summed E-state index contributed by atoms with van der Waals surface area (Å²) in [4.78, 5) is 22.2. The fourth-order valence-corrected chi connectivity index (χ4v) is 7.03. The van der Waals surface area contributed by atoms with E-state index < -0.39 is 0 Å². The van der Waals surface area contributed by atoms with Crippen LogP contribution in [0.15, 0.2) is 148 Å².